The molecule has 1 aromatic heterocycles. The maximum Gasteiger partial charge on any atom is 0.244 e. The molecule has 3 aromatic rings. The Morgan fingerprint density at radius 1 is 1.10 bits per heavy atom. The number of amides is 1. The van der Waals surface area contributed by atoms with Crippen LogP contribution < -0.4 is 14.9 Å². The summed E-state index contributed by atoms with van der Waals surface area (Å²) in [5.74, 6) is 0.696. The van der Waals surface area contributed by atoms with Crippen LogP contribution in [-0.2, 0) is 11.3 Å². The van der Waals surface area contributed by atoms with Gasteiger partial charge in [0.15, 0.2) is 4.80 Å². The van der Waals surface area contributed by atoms with Crippen LogP contribution in [-0.4, -0.2) is 24.1 Å². The number of nitrogens with one attached hydrogen (secondary N) is 1. The van der Waals surface area contributed by atoms with Gasteiger partial charge in [-0.3, -0.25) is 9.79 Å². The molecule has 5 nitrogen and oxygen atoms in total. The van der Waals surface area contributed by atoms with E-state index in [0.29, 0.717) is 0 Å². The van der Waals surface area contributed by atoms with Crippen molar-refractivity contribution in [2.45, 2.75) is 39.2 Å². The molecular formula is C22H28ClN3O2S. The van der Waals surface area contributed by atoms with Gasteiger partial charge in [0.05, 0.1) is 17.3 Å². The van der Waals surface area contributed by atoms with Gasteiger partial charge in [0.2, 0.25) is 5.91 Å². The summed E-state index contributed by atoms with van der Waals surface area (Å²) >= 11 is 1.64. The number of halogens is 1. The number of anilines is 1. The smallest absolute Gasteiger partial charge is 0.244 e. The van der Waals surface area contributed by atoms with Crippen LogP contribution in [0.5, 0.6) is 5.75 Å². The molecule has 0 spiro atoms. The summed E-state index contributed by atoms with van der Waals surface area (Å²) in [6.07, 6.45) is 4.74. The van der Waals surface area contributed by atoms with Crippen molar-refractivity contribution in [1.29, 1.82) is 0 Å². The lowest BCUT2D eigenvalue weighted by molar-refractivity contribution is -0.116. The van der Waals surface area contributed by atoms with Crippen LogP contribution in [0.25, 0.3) is 10.2 Å². The van der Waals surface area contributed by atoms with Gasteiger partial charge < -0.3 is 14.6 Å². The lowest BCUT2D eigenvalue weighted by Crippen LogP contribution is -2.25. The lowest BCUT2D eigenvalue weighted by Gasteiger charge is -2.08. The zero-order valence-electron chi connectivity index (χ0n) is 16.9. The number of hydrogen-bond donors (Lipinski definition) is 1. The van der Waals surface area contributed by atoms with E-state index in [4.69, 9.17) is 9.73 Å². The second-order valence-electron chi connectivity index (χ2n) is 6.66. The van der Waals surface area contributed by atoms with Gasteiger partial charge in [-0.2, -0.15) is 0 Å². The fraction of sp³-hybridized carbons (Fsp3) is 0.364. The highest BCUT2D eigenvalue weighted by molar-refractivity contribution is 7.16. The molecule has 3 rings (SSSR count). The Bertz CT molecular complexity index is 980. The molecule has 0 atom stereocenters. The molecule has 29 heavy (non-hydrogen) atoms. The third-order valence-electron chi connectivity index (χ3n) is 4.52. The van der Waals surface area contributed by atoms with E-state index in [1.54, 1.807) is 18.4 Å². The first-order chi connectivity index (χ1) is 13.7. The number of nitrogens with zero attached hydrogens (tertiary/aromatic N) is 2. The maximum absolute atomic E-state index is 12.6. The van der Waals surface area contributed by atoms with E-state index in [1.165, 1.54) is 19.3 Å². The molecule has 0 saturated heterocycles. The molecule has 0 bridgehead atoms. The average Bonchev–Trinajstić information content (AvgIpc) is 3.06. The van der Waals surface area contributed by atoms with Crippen molar-refractivity contribution in [3.63, 3.8) is 0 Å². The summed E-state index contributed by atoms with van der Waals surface area (Å²) in [5.41, 5.74) is 1.80. The molecule has 0 aliphatic carbocycles. The molecule has 1 amide bonds. The van der Waals surface area contributed by atoms with Gasteiger partial charge in [0, 0.05) is 12.2 Å². The summed E-state index contributed by atoms with van der Waals surface area (Å²) in [5, 5.41) is 2.96. The molecule has 0 aliphatic rings. The van der Waals surface area contributed by atoms with Gasteiger partial charge in [0.1, 0.15) is 12.3 Å². The van der Waals surface area contributed by atoms with Crippen molar-refractivity contribution in [2.75, 3.05) is 19.0 Å². The van der Waals surface area contributed by atoms with Crippen molar-refractivity contribution in [3.8, 4) is 5.75 Å². The quantitative estimate of drug-likeness (QED) is 0.468. The number of ether oxygens (including phenoxy) is 1. The van der Waals surface area contributed by atoms with Gasteiger partial charge in [-0.05, 0) is 42.8 Å². The minimum Gasteiger partial charge on any atom is -0.497 e. The predicted octanol–water partition coefficient (Wildman–Crippen LogP) is 5.25. The van der Waals surface area contributed by atoms with Gasteiger partial charge in [0.25, 0.3) is 0 Å². The SMILES string of the molecule is CCCCCCN=c1sc2ccccc2n1CC(=O)Nc1ccc(OC)cc1.Cl. The molecule has 156 valence electrons. The van der Waals surface area contributed by atoms with Crippen LogP contribution in [0.15, 0.2) is 53.5 Å². The number of para-hydroxylation sites is 1. The molecule has 0 aliphatic heterocycles. The first-order valence-electron chi connectivity index (χ1n) is 9.74. The summed E-state index contributed by atoms with van der Waals surface area (Å²) in [6, 6.07) is 15.5. The molecule has 7 heteroatoms. The van der Waals surface area contributed by atoms with Crippen LogP contribution in [0, 0.1) is 0 Å². The van der Waals surface area contributed by atoms with Crippen molar-refractivity contribution in [2.24, 2.45) is 4.99 Å². The number of benzene rings is 2. The van der Waals surface area contributed by atoms with Gasteiger partial charge in [-0.1, -0.05) is 49.7 Å². The molecule has 1 heterocycles. The van der Waals surface area contributed by atoms with Crippen LogP contribution in [0.4, 0.5) is 5.69 Å². The van der Waals surface area contributed by atoms with E-state index in [2.05, 4.69) is 18.3 Å². The number of carbonyl (C=O) groups is 1. The number of fused-ring (bicyclic) bond motifs is 1. The van der Waals surface area contributed by atoms with Gasteiger partial charge in [-0.25, -0.2) is 0 Å². The number of carbonyl (C=O) groups excluding carboxylic acids is 1. The van der Waals surface area contributed by atoms with Gasteiger partial charge in [-0.15, -0.1) is 12.4 Å². The summed E-state index contributed by atoms with van der Waals surface area (Å²) in [4.78, 5) is 18.3. The second kappa shape index (κ2) is 11.6. The number of aromatic nitrogens is 1. The zero-order valence-corrected chi connectivity index (χ0v) is 18.5. The van der Waals surface area contributed by atoms with Crippen LogP contribution >= 0.6 is 23.7 Å². The summed E-state index contributed by atoms with van der Waals surface area (Å²) < 4.78 is 8.32. The number of hydrogen-bond acceptors (Lipinski definition) is 4. The summed E-state index contributed by atoms with van der Waals surface area (Å²) in [6.45, 7) is 3.25. The van der Waals surface area contributed by atoms with E-state index in [-0.39, 0.29) is 24.9 Å². The molecule has 2 aromatic carbocycles. The Morgan fingerprint density at radius 3 is 2.59 bits per heavy atom. The fourth-order valence-electron chi connectivity index (χ4n) is 3.03. The Hall–Kier alpha value is -2.31. The number of unbranched alkanes of at least 4 members (excludes halogenated alkanes) is 3. The van der Waals surface area contributed by atoms with Crippen molar-refractivity contribution in [1.82, 2.24) is 4.57 Å². The highest BCUT2D eigenvalue weighted by Crippen LogP contribution is 2.18. The zero-order chi connectivity index (χ0) is 19.8. The van der Waals surface area contributed by atoms with Crippen LogP contribution in [0.1, 0.15) is 32.6 Å². The summed E-state index contributed by atoms with van der Waals surface area (Å²) in [7, 11) is 1.62. The molecule has 1 N–H and O–H groups in total. The maximum atomic E-state index is 12.6. The van der Waals surface area contributed by atoms with Crippen molar-refractivity contribution in [3.05, 3.63) is 53.3 Å². The first kappa shape index (κ1) is 23.0. The first-order valence-corrected chi connectivity index (χ1v) is 10.6. The molecular weight excluding hydrogens is 406 g/mol. The predicted molar refractivity (Wildman–Crippen MR) is 123 cm³/mol. The van der Waals surface area contributed by atoms with E-state index >= 15 is 0 Å². The molecule has 0 fully saturated rings. The molecule has 0 saturated carbocycles. The van der Waals surface area contributed by atoms with E-state index in [1.807, 2.05) is 47.0 Å². The largest absolute Gasteiger partial charge is 0.497 e. The Balaban J connectivity index is 0.00000300. The minimum absolute atomic E-state index is 0. The van der Waals surface area contributed by atoms with E-state index in [9.17, 15) is 4.79 Å². The number of rotatable bonds is 9. The van der Waals surface area contributed by atoms with E-state index < -0.39 is 0 Å². The Morgan fingerprint density at radius 2 is 1.86 bits per heavy atom. The Labute approximate surface area is 181 Å². The minimum atomic E-state index is -0.0684. The topological polar surface area (TPSA) is 55.6 Å². The van der Waals surface area contributed by atoms with Crippen molar-refractivity contribution >= 4 is 45.6 Å². The number of methoxy groups -OCH3 is 1. The highest BCUT2D eigenvalue weighted by atomic mass is 35.5. The monoisotopic (exact) mass is 433 g/mol. The third-order valence-corrected chi connectivity index (χ3v) is 5.62. The fourth-order valence-corrected chi connectivity index (χ4v) is 4.08. The van der Waals surface area contributed by atoms with E-state index in [0.717, 1.165) is 39.4 Å². The second-order valence-corrected chi connectivity index (χ2v) is 7.67. The normalized spacial score (nSPS) is 11.3. The third kappa shape index (κ3) is 6.34. The molecule has 0 radical (unpaired) electrons. The highest BCUT2D eigenvalue weighted by Gasteiger charge is 2.10. The standard InChI is InChI=1S/C22H27N3O2S.ClH/c1-3-4-5-8-15-23-22-25(19-9-6-7-10-20(19)28-22)16-21(26)24-17-11-13-18(27-2)14-12-17;/h6-7,9-14H,3-5,8,15-16H2,1-2H3,(H,24,26);1H. The van der Waals surface area contributed by atoms with Crippen LogP contribution in [0.2, 0.25) is 0 Å². The Kier molecular flexibility index (Phi) is 9.22. The molecule has 0 unspecified atom stereocenters. The van der Waals surface area contributed by atoms with Crippen molar-refractivity contribution < 1.29 is 9.53 Å². The van der Waals surface area contributed by atoms with Crippen LogP contribution in [0.3, 0.4) is 0 Å². The average molecular weight is 434 g/mol. The lowest BCUT2D eigenvalue weighted by atomic mass is 10.2. The number of thiazole rings is 1. The van der Waals surface area contributed by atoms with Gasteiger partial charge >= 0.3 is 0 Å².